The smallest absolute Gasteiger partial charge is 0.306 e. The summed E-state index contributed by atoms with van der Waals surface area (Å²) in [5.41, 5.74) is 2.64. The molecule has 0 aliphatic carbocycles. The van der Waals surface area contributed by atoms with Gasteiger partial charge >= 0.3 is 5.97 Å². The minimum Gasteiger partial charge on any atom is -0.481 e. The average molecular weight is 335 g/mol. The molecule has 2 rings (SSSR count). The Hall–Kier alpha value is -1.75. The molecule has 20 heavy (non-hydrogen) atoms. The van der Waals surface area contributed by atoms with Crippen molar-refractivity contribution in [3.8, 4) is 11.3 Å². The molecule has 1 heterocycles. The average Bonchev–Trinajstić information content (AvgIpc) is 2.38. The predicted molar refractivity (Wildman–Crippen MR) is 80.4 cm³/mol. The van der Waals surface area contributed by atoms with Crippen molar-refractivity contribution in [1.29, 1.82) is 0 Å². The fraction of sp³-hybridized carbons (Fsp3) is 0.267. The van der Waals surface area contributed by atoms with Gasteiger partial charge < -0.3 is 5.11 Å². The number of hydrogen-bond donors (Lipinski definition) is 1. The van der Waals surface area contributed by atoms with Gasteiger partial charge in [-0.2, -0.15) is 0 Å². The molecular weight excluding hydrogens is 320 g/mol. The van der Waals surface area contributed by atoms with Crippen LogP contribution >= 0.6 is 15.9 Å². The van der Waals surface area contributed by atoms with Crippen LogP contribution in [0.15, 0.2) is 34.8 Å². The minimum absolute atomic E-state index is 0.334. The number of carboxylic acids is 1. The number of rotatable bonds is 4. The van der Waals surface area contributed by atoms with Crippen LogP contribution in [0.3, 0.4) is 0 Å². The molecule has 0 radical (unpaired) electrons. The zero-order valence-electron chi connectivity index (χ0n) is 11.3. The quantitative estimate of drug-likeness (QED) is 0.929. The maximum atomic E-state index is 10.9. The van der Waals surface area contributed by atoms with E-state index in [9.17, 15) is 4.79 Å². The van der Waals surface area contributed by atoms with Crippen molar-refractivity contribution in [2.45, 2.75) is 20.3 Å². The van der Waals surface area contributed by atoms with Gasteiger partial charge in [0.2, 0.25) is 0 Å². The van der Waals surface area contributed by atoms with Crippen molar-refractivity contribution in [3.63, 3.8) is 0 Å². The van der Waals surface area contributed by atoms with E-state index in [1.807, 2.05) is 37.3 Å². The van der Waals surface area contributed by atoms with Crippen molar-refractivity contribution in [1.82, 2.24) is 9.97 Å². The van der Waals surface area contributed by atoms with Crippen molar-refractivity contribution >= 4 is 21.9 Å². The molecule has 0 fully saturated rings. The van der Waals surface area contributed by atoms with E-state index in [-0.39, 0.29) is 0 Å². The Labute approximate surface area is 126 Å². The van der Waals surface area contributed by atoms with E-state index >= 15 is 0 Å². The maximum absolute atomic E-state index is 10.9. The summed E-state index contributed by atoms with van der Waals surface area (Å²) < 4.78 is 1.01. The van der Waals surface area contributed by atoms with Gasteiger partial charge in [-0.05, 0) is 25.1 Å². The number of aryl methyl sites for hydroxylation is 1. The first kappa shape index (κ1) is 14.7. The molecule has 0 aliphatic heterocycles. The lowest BCUT2D eigenvalue weighted by molar-refractivity contribution is -0.141. The highest BCUT2D eigenvalue weighted by molar-refractivity contribution is 9.10. The van der Waals surface area contributed by atoms with E-state index in [0.29, 0.717) is 12.2 Å². The Morgan fingerprint density at radius 1 is 1.30 bits per heavy atom. The van der Waals surface area contributed by atoms with Crippen molar-refractivity contribution in [2.24, 2.45) is 5.92 Å². The number of aromatic nitrogens is 2. The summed E-state index contributed by atoms with van der Waals surface area (Å²) in [5, 5.41) is 8.97. The molecule has 0 spiro atoms. The van der Waals surface area contributed by atoms with Crippen molar-refractivity contribution < 1.29 is 9.90 Å². The topological polar surface area (TPSA) is 63.1 Å². The van der Waals surface area contributed by atoms with Crippen LogP contribution in [0, 0.1) is 12.8 Å². The number of benzene rings is 1. The summed E-state index contributed by atoms with van der Waals surface area (Å²) in [6, 6.07) is 9.74. The molecule has 104 valence electrons. The SMILES string of the molecule is Cc1cc(-c2ccc(Br)cc2)nc(CC(C)C(=O)O)n1. The predicted octanol–water partition coefficient (Wildman–Crippen LogP) is 3.48. The summed E-state index contributed by atoms with van der Waals surface area (Å²) in [5.74, 6) is -0.757. The van der Waals surface area contributed by atoms with E-state index in [4.69, 9.17) is 5.11 Å². The van der Waals surface area contributed by atoms with E-state index in [1.165, 1.54) is 0 Å². The Bertz CT molecular complexity index is 626. The zero-order chi connectivity index (χ0) is 14.7. The third-order valence-electron chi connectivity index (χ3n) is 2.95. The zero-order valence-corrected chi connectivity index (χ0v) is 12.9. The molecule has 0 amide bonds. The molecule has 5 heteroatoms. The van der Waals surface area contributed by atoms with E-state index < -0.39 is 11.9 Å². The van der Waals surface area contributed by atoms with Crippen molar-refractivity contribution in [3.05, 3.63) is 46.3 Å². The van der Waals surface area contributed by atoms with Gasteiger partial charge in [0.05, 0.1) is 11.6 Å². The molecule has 1 N–H and O–H groups in total. The molecule has 4 nitrogen and oxygen atoms in total. The highest BCUT2D eigenvalue weighted by Crippen LogP contribution is 2.21. The summed E-state index contributed by atoms with van der Waals surface area (Å²) >= 11 is 3.40. The second-order valence-electron chi connectivity index (χ2n) is 4.76. The molecule has 1 aromatic heterocycles. The minimum atomic E-state index is -0.833. The van der Waals surface area contributed by atoms with Gasteiger partial charge in [-0.3, -0.25) is 4.79 Å². The Morgan fingerprint density at radius 2 is 1.95 bits per heavy atom. The Kier molecular flexibility index (Phi) is 4.49. The third-order valence-corrected chi connectivity index (χ3v) is 3.48. The van der Waals surface area contributed by atoms with Crippen LogP contribution in [0.1, 0.15) is 18.4 Å². The van der Waals surface area contributed by atoms with Crippen LogP contribution < -0.4 is 0 Å². The molecule has 1 atom stereocenters. The number of carboxylic acid groups (broad SMARTS) is 1. The second-order valence-corrected chi connectivity index (χ2v) is 5.68. The Morgan fingerprint density at radius 3 is 2.55 bits per heavy atom. The van der Waals surface area contributed by atoms with E-state index in [2.05, 4.69) is 25.9 Å². The first-order valence-corrected chi connectivity index (χ1v) is 7.08. The van der Waals surface area contributed by atoms with E-state index in [1.54, 1.807) is 6.92 Å². The van der Waals surface area contributed by atoms with Gasteiger partial charge in [0, 0.05) is 22.2 Å². The van der Waals surface area contributed by atoms with Crippen LogP contribution in [-0.4, -0.2) is 21.0 Å². The lowest BCUT2D eigenvalue weighted by atomic mass is 10.1. The highest BCUT2D eigenvalue weighted by Gasteiger charge is 2.14. The molecule has 2 aromatic rings. The number of aliphatic carboxylic acids is 1. The number of nitrogens with zero attached hydrogens (tertiary/aromatic N) is 2. The molecule has 0 bridgehead atoms. The molecule has 0 aliphatic rings. The fourth-order valence-corrected chi connectivity index (χ4v) is 2.12. The second kappa shape index (κ2) is 6.13. The van der Waals surface area contributed by atoms with Gasteiger partial charge in [-0.25, -0.2) is 9.97 Å². The van der Waals surface area contributed by atoms with Gasteiger partial charge in [0.25, 0.3) is 0 Å². The van der Waals surface area contributed by atoms with Gasteiger partial charge in [-0.15, -0.1) is 0 Å². The highest BCUT2D eigenvalue weighted by atomic mass is 79.9. The number of halogens is 1. The summed E-state index contributed by atoms with van der Waals surface area (Å²) in [6.07, 6.45) is 0.334. The molecule has 0 saturated carbocycles. The van der Waals surface area contributed by atoms with Crippen LogP contribution in [0.2, 0.25) is 0 Å². The third kappa shape index (κ3) is 3.63. The van der Waals surface area contributed by atoms with Crippen molar-refractivity contribution in [2.75, 3.05) is 0 Å². The van der Waals surface area contributed by atoms with Crippen LogP contribution in [0.5, 0.6) is 0 Å². The van der Waals surface area contributed by atoms with Gasteiger partial charge in [-0.1, -0.05) is 35.0 Å². The molecule has 0 saturated heterocycles. The maximum Gasteiger partial charge on any atom is 0.306 e. The summed E-state index contributed by atoms with van der Waals surface area (Å²) in [7, 11) is 0. The Balaban J connectivity index is 2.33. The number of hydrogen-bond acceptors (Lipinski definition) is 3. The summed E-state index contributed by atoms with van der Waals surface area (Å²) in [6.45, 7) is 3.55. The lowest BCUT2D eigenvalue weighted by Gasteiger charge is -2.08. The summed E-state index contributed by atoms with van der Waals surface area (Å²) in [4.78, 5) is 19.7. The fourth-order valence-electron chi connectivity index (χ4n) is 1.85. The number of carbonyl (C=O) groups is 1. The largest absolute Gasteiger partial charge is 0.481 e. The van der Waals surface area contributed by atoms with Crippen LogP contribution in [0.25, 0.3) is 11.3 Å². The van der Waals surface area contributed by atoms with Crippen LogP contribution in [-0.2, 0) is 11.2 Å². The van der Waals surface area contributed by atoms with Gasteiger partial charge in [0.1, 0.15) is 5.82 Å². The van der Waals surface area contributed by atoms with Crippen LogP contribution in [0.4, 0.5) is 0 Å². The lowest BCUT2D eigenvalue weighted by Crippen LogP contribution is -2.14. The molecule has 1 unspecified atom stereocenters. The monoisotopic (exact) mass is 334 g/mol. The van der Waals surface area contributed by atoms with E-state index in [0.717, 1.165) is 21.4 Å². The first-order chi connectivity index (χ1) is 9.45. The standard InChI is InChI=1S/C15H15BrN2O2/c1-9(15(19)20)7-14-17-10(2)8-13(18-14)11-3-5-12(16)6-4-11/h3-6,8-9H,7H2,1-2H3,(H,19,20). The van der Waals surface area contributed by atoms with Gasteiger partial charge in [0.15, 0.2) is 0 Å². The first-order valence-electron chi connectivity index (χ1n) is 6.29. The molecule has 1 aromatic carbocycles. The molecular formula is C15H15BrN2O2. The normalized spacial score (nSPS) is 12.2.